The number of sulfone groups is 1. The quantitative estimate of drug-likeness (QED) is 0.685. The van der Waals surface area contributed by atoms with Crippen LogP contribution in [0.3, 0.4) is 0 Å². The molecule has 1 aromatic rings. The first-order chi connectivity index (χ1) is 5.95. The lowest BCUT2D eigenvalue weighted by atomic mass is 10.2. The number of halogens is 1. The van der Waals surface area contributed by atoms with Crippen LogP contribution in [0.25, 0.3) is 0 Å². The van der Waals surface area contributed by atoms with E-state index in [1.807, 2.05) is 0 Å². The molecule has 13 heavy (non-hydrogen) atoms. The second kappa shape index (κ2) is 3.46. The lowest BCUT2D eigenvalue weighted by Crippen LogP contribution is -2.02. The molecule has 72 valence electrons. The molecule has 0 atom stereocenters. The van der Waals surface area contributed by atoms with Crippen molar-refractivity contribution in [1.82, 2.24) is 0 Å². The molecule has 0 unspecified atom stereocenters. The van der Waals surface area contributed by atoms with Crippen molar-refractivity contribution in [2.24, 2.45) is 0 Å². The van der Waals surface area contributed by atoms with Crippen LogP contribution < -0.4 is 0 Å². The summed E-state index contributed by atoms with van der Waals surface area (Å²) in [5.41, 5.74) is 0.530. The molecule has 0 bridgehead atoms. The number of hydrogen-bond acceptors (Lipinski definition) is 2. The van der Waals surface area contributed by atoms with Crippen molar-refractivity contribution in [2.45, 2.75) is 18.2 Å². The minimum atomic E-state index is -3.23. The summed E-state index contributed by atoms with van der Waals surface area (Å²) >= 11 is 0. The highest BCUT2D eigenvalue weighted by atomic mass is 32.2. The molecule has 4 heteroatoms. The van der Waals surface area contributed by atoms with Gasteiger partial charge < -0.3 is 0 Å². The Balaban J connectivity index is 3.39. The molecule has 0 fully saturated rings. The maximum atomic E-state index is 12.7. The maximum absolute atomic E-state index is 12.7. The molecule has 0 amide bonds. The SMILES string of the molecule is CCc1cc(F)ccc1S(C)(=O)=O. The van der Waals surface area contributed by atoms with Gasteiger partial charge in [0.2, 0.25) is 0 Å². The summed E-state index contributed by atoms with van der Waals surface area (Å²) < 4.78 is 35.1. The van der Waals surface area contributed by atoms with Crippen LogP contribution in [0.5, 0.6) is 0 Å². The molecule has 0 radical (unpaired) electrons. The Morgan fingerprint density at radius 3 is 2.46 bits per heavy atom. The Labute approximate surface area is 77.3 Å². The Morgan fingerprint density at radius 1 is 1.38 bits per heavy atom. The molecular formula is C9H11FO2S. The van der Waals surface area contributed by atoms with Gasteiger partial charge in [-0.15, -0.1) is 0 Å². The second-order valence-electron chi connectivity index (χ2n) is 2.88. The van der Waals surface area contributed by atoms with Crippen molar-refractivity contribution >= 4 is 9.84 Å². The summed E-state index contributed by atoms with van der Waals surface area (Å²) in [4.78, 5) is 0.219. The van der Waals surface area contributed by atoms with Gasteiger partial charge in [-0.1, -0.05) is 6.92 Å². The van der Waals surface area contributed by atoms with Crippen LogP contribution in [0.15, 0.2) is 23.1 Å². The van der Waals surface area contributed by atoms with Crippen LogP contribution in [-0.4, -0.2) is 14.7 Å². The smallest absolute Gasteiger partial charge is 0.175 e. The summed E-state index contributed by atoms with van der Waals surface area (Å²) in [5.74, 6) is -0.399. The maximum Gasteiger partial charge on any atom is 0.175 e. The molecule has 0 aliphatic carbocycles. The highest BCUT2D eigenvalue weighted by molar-refractivity contribution is 7.90. The first-order valence-corrected chi connectivity index (χ1v) is 5.82. The van der Waals surface area contributed by atoms with E-state index < -0.39 is 15.7 Å². The van der Waals surface area contributed by atoms with Crippen LogP contribution in [0.2, 0.25) is 0 Å². The van der Waals surface area contributed by atoms with Crippen LogP contribution in [0.4, 0.5) is 4.39 Å². The van der Waals surface area contributed by atoms with Crippen molar-refractivity contribution in [3.63, 3.8) is 0 Å². The number of aryl methyl sites for hydroxylation is 1. The fourth-order valence-electron chi connectivity index (χ4n) is 1.19. The Hall–Kier alpha value is -0.900. The molecule has 0 aromatic heterocycles. The molecule has 1 aromatic carbocycles. The van der Waals surface area contributed by atoms with Gasteiger partial charge >= 0.3 is 0 Å². The average molecular weight is 202 g/mol. The highest BCUT2D eigenvalue weighted by Gasteiger charge is 2.12. The van der Waals surface area contributed by atoms with Gasteiger partial charge in [-0.3, -0.25) is 0 Å². The van der Waals surface area contributed by atoms with Crippen molar-refractivity contribution in [3.8, 4) is 0 Å². The van der Waals surface area contributed by atoms with Gasteiger partial charge in [0, 0.05) is 6.26 Å². The second-order valence-corrected chi connectivity index (χ2v) is 4.86. The van der Waals surface area contributed by atoms with Gasteiger partial charge in [0.05, 0.1) is 4.90 Å². The largest absolute Gasteiger partial charge is 0.224 e. The third kappa shape index (κ3) is 2.28. The Kier molecular flexibility index (Phi) is 2.71. The number of hydrogen-bond donors (Lipinski definition) is 0. The van der Waals surface area contributed by atoms with E-state index in [2.05, 4.69) is 0 Å². The van der Waals surface area contributed by atoms with E-state index >= 15 is 0 Å². The summed E-state index contributed by atoms with van der Waals surface area (Å²) in [7, 11) is -3.23. The van der Waals surface area contributed by atoms with Crippen molar-refractivity contribution < 1.29 is 12.8 Å². The first-order valence-electron chi connectivity index (χ1n) is 3.93. The molecule has 0 saturated heterocycles. The minimum absolute atomic E-state index is 0.219. The molecule has 2 nitrogen and oxygen atoms in total. The molecule has 1 rings (SSSR count). The predicted octanol–water partition coefficient (Wildman–Crippen LogP) is 1.79. The van der Waals surface area contributed by atoms with Crippen LogP contribution in [-0.2, 0) is 16.3 Å². The van der Waals surface area contributed by atoms with Crippen LogP contribution >= 0.6 is 0 Å². The standard InChI is InChI=1S/C9H11FO2S/c1-3-7-6-8(10)4-5-9(7)13(2,11)12/h4-6H,3H2,1-2H3. The van der Waals surface area contributed by atoms with Gasteiger partial charge in [-0.2, -0.15) is 0 Å². The van der Waals surface area contributed by atoms with Crippen molar-refractivity contribution in [1.29, 1.82) is 0 Å². The van der Waals surface area contributed by atoms with E-state index in [-0.39, 0.29) is 4.90 Å². The van der Waals surface area contributed by atoms with E-state index in [1.54, 1.807) is 6.92 Å². The zero-order chi connectivity index (χ0) is 10.1. The summed E-state index contributed by atoms with van der Waals surface area (Å²) in [6.45, 7) is 1.80. The lowest BCUT2D eigenvalue weighted by molar-refractivity contribution is 0.598. The van der Waals surface area contributed by atoms with Gasteiger partial charge in [0.1, 0.15) is 5.82 Å². The molecule has 0 N–H and O–H groups in total. The fraction of sp³-hybridized carbons (Fsp3) is 0.333. The fourth-order valence-corrected chi connectivity index (χ4v) is 2.18. The van der Waals surface area contributed by atoms with E-state index in [4.69, 9.17) is 0 Å². The molecule has 0 spiro atoms. The zero-order valence-corrected chi connectivity index (χ0v) is 8.36. The third-order valence-electron chi connectivity index (χ3n) is 1.80. The highest BCUT2D eigenvalue weighted by Crippen LogP contribution is 2.17. The minimum Gasteiger partial charge on any atom is -0.224 e. The summed E-state index contributed by atoms with van der Waals surface area (Å²) in [5, 5.41) is 0. The predicted molar refractivity (Wildman–Crippen MR) is 48.9 cm³/mol. The van der Waals surface area contributed by atoms with Gasteiger partial charge in [0.15, 0.2) is 9.84 Å². The number of rotatable bonds is 2. The molecule has 0 saturated carbocycles. The Bertz CT molecular complexity index is 410. The molecular weight excluding hydrogens is 191 g/mol. The molecule has 0 heterocycles. The third-order valence-corrected chi connectivity index (χ3v) is 3.00. The van der Waals surface area contributed by atoms with Crippen molar-refractivity contribution in [2.75, 3.05) is 6.26 Å². The van der Waals surface area contributed by atoms with Crippen molar-refractivity contribution in [3.05, 3.63) is 29.6 Å². The molecule has 0 aliphatic heterocycles. The van der Waals surface area contributed by atoms with Gasteiger partial charge in [-0.25, -0.2) is 12.8 Å². The normalized spacial score (nSPS) is 11.6. The zero-order valence-electron chi connectivity index (χ0n) is 7.54. The summed E-state index contributed by atoms with van der Waals surface area (Å²) in [6.07, 6.45) is 1.64. The average Bonchev–Trinajstić information content (AvgIpc) is 2.01. The van der Waals surface area contributed by atoms with E-state index in [0.29, 0.717) is 12.0 Å². The van der Waals surface area contributed by atoms with Gasteiger partial charge in [0.25, 0.3) is 0 Å². The first kappa shape index (κ1) is 10.2. The van der Waals surface area contributed by atoms with E-state index in [1.165, 1.54) is 12.1 Å². The molecule has 0 aliphatic rings. The van der Waals surface area contributed by atoms with Crippen LogP contribution in [0, 0.1) is 5.82 Å². The van der Waals surface area contributed by atoms with Crippen LogP contribution in [0.1, 0.15) is 12.5 Å². The lowest BCUT2D eigenvalue weighted by Gasteiger charge is -2.04. The van der Waals surface area contributed by atoms with E-state index in [9.17, 15) is 12.8 Å². The number of benzene rings is 1. The Morgan fingerprint density at radius 2 is 2.00 bits per heavy atom. The monoisotopic (exact) mass is 202 g/mol. The topological polar surface area (TPSA) is 34.1 Å². The summed E-state index contributed by atoms with van der Waals surface area (Å²) in [6, 6.07) is 3.73. The van der Waals surface area contributed by atoms with E-state index in [0.717, 1.165) is 12.3 Å². The van der Waals surface area contributed by atoms with Gasteiger partial charge in [-0.05, 0) is 30.2 Å².